The Morgan fingerprint density at radius 2 is 1.71 bits per heavy atom. The van der Waals surface area contributed by atoms with E-state index in [0.717, 1.165) is 30.2 Å². The molecule has 1 aromatic heterocycles. The van der Waals surface area contributed by atoms with Gasteiger partial charge in [-0.25, -0.2) is 0 Å². The number of nitrogens with one attached hydrogen (secondary N) is 2. The molecule has 0 aliphatic carbocycles. The van der Waals surface area contributed by atoms with Crippen molar-refractivity contribution in [1.29, 1.82) is 0 Å². The average molecular weight is 376 g/mol. The van der Waals surface area contributed by atoms with Gasteiger partial charge in [-0.3, -0.25) is 0 Å². The van der Waals surface area contributed by atoms with Crippen molar-refractivity contribution in [2.75, 3.05) is 35.7 Å². The standard InChI is InChI=1S/C21H24N6O/c1-28-19-8-4-3-7-18(19)24-20-15-22-26-21(25-20)23-16-9-11-17(12-10-16)27-13-5-2-6-14-27/h3-4,7-12,15H,2,5-6,13-14H2,1H3,(H2,23,24,25,26). The maximum atomic E-state index is 5.36. The molecule has 1 saturated heterocycles. The summed E-state index contributed by atoms with van der Waals surface area (Å²) in [5.41, 5.74) is 3.01. The van der Waals surface area contributed by atoms with Crippen LogP contribution in [-0.2, 0) is 0 Å². The van der Waals surface area contributed by atoms with Gasteiger partial charge in [-0.2, -0.15) is 10.1 Å². The number of para-hydroxylation sites is 2. The third-order valence-electron chi connectivity index (χ3n) is 4.77. The Labute approximate surface area is 164 Å². The van der Waals surface area contributed by atoms with Crippen molar-refractivity contribution in [2.24, 2.45) is 0 Å². The predicted octanol–water partition coefficient (Wildman–Crippen LogP) is 4.36. The number of anilines is 5. The van der Waals surface area contributed by atoms with Crippen LogP contribution in [0.4, 0.5) is 28.8 Å². The van der Waals surface area contributed by atoms with Gasteiger partial charge < -0.3 is 20.3 Å². The van der Waals surface area contributed by atoms with Gasteiger partial charge in [0.2, 0.25) is 5.95 Å². The molecule has 1 fully saturated rings. The smallest absolute Gasteiger partial charge is 0.249 e. The molecule has 3 aromatic rings. The summed E-state index contributed by atoms with van der Waals surface area (Å²) >= 11 is 0. The van der Waals surface area contributed by atoms with Crippen molar-refractivity contribution in [2.45, 2.75) is 19.3 Å². The molecule has 1 aliphatic rings. The Hall–Kier alpha value is -3.35. The Bertz CT molecular complexity index is 909. The number of hydrogen-bond donors (Lipinski definition) is 2. The largest absolute Gasteiger partial charge is 0.495 e. The molecule has 7 nitrogen and oxygen atoms in total. The van der Waals surface area contributed by atoms with Crippen LogP contribution in [0.3, 0.4) is 0 Å². The van der Waals surface area contributed by atoms with Gasteiger partial charge in [-0.1, -0.05) is 12.1 Å². The Morgan fingerprint density at radius 1 is 0.929 bits per heavy atom. The molecule has 2 heterocycles. The molecule has 7 heteroatoms. The molecule has 2 aromatic carbocycles. The number of rotatable bonds is 6. The summed E-state index contributed by atoms with van der Waals surface area (Å²) < 4.78 is 5.36. The molecule has 0 unspecified atom stereocenters. The maximum absolute atomic E-state index is 5.36. The fourth-order valence-electron chi connectivity index (χ4n) is 3.34. The van der Waals surface area contributed by atoms with Gasteiger partial charge in [-0.05, 0) is 55.7 Å². The monoisotopic (exact) mass is 376 g/mol. The van der Waals surface area contributed by atoms with Crippen molar-refractivity contribution in [3.8, 4) is 5.75 Å². The van der Waals surface area contributed by atoms with Gasteiger partial charge in [0.15, 0.2) is 5.82 Å². The van der Waals surface area contributed by atoms with Crippen LogP contribution in [0, 0.1) is 0 Å². The second-order valence-electron chi connectivity index (χ2n) is 6.71. The quantitative estimate of drug-likeness (QED) is 0.662. The zero-order valence-electron chi connectivity index (χ0n) is 15.9. The Balaban J connectivity index is 1.44. The molecule has 4 rings (SSSR count). The third-order valence-corrected chi connectivity index (χ3v) is 4.77. The lowest BCUT2D eigenvalue weighted by molar-refractivity contribution is 0.417. The number of aromatic nitrogens is 3. The molecule has 1 aliphatic heterocycles. The average Bonchev–Trinajstić information content (AvgIpc) is 2.76. The van der Waals surface area contributed by atoms with E-state index in [-0.39, 0.29) is 0 Å². The van der Waals surface area contributed by atoms with Crippen LogP contribution in [-0.4, -0.2) is 35.4 Å². The minimum Gasteiger partial charge on any atom is -0.495 e. The molecule has 0 atom stereocenters. The van der Waals surface area contributed by atoms with E-state index in [2.05, 4.69) is 42.8 Å². The summed E-state index contributed by atoms with van der Waals surface area (Å²) in [7, 11) is 1.64. The molecule has 0 saturated carbocycles. The number of methoxy groups -OCH3 is 1. The highest BCUT2D eigenvalue weighted by molar-refractivity contribution is 5.65. The lowest BCUT2D eigenvalue weighted by atomic mass is 10.1. The van der Waals surface area contributed by atoms with Gasteiger partial charge >= 0.3 is 0 Å². The third kappa shape index (κ3) is 4.31. The lowest BCUT2D eigenvalue weighted by Crippen LogP contribution is -2.29. The first-order chi connectivity index (χ1) is 13.8. The molecule has 0 spiro atoms. The van der Waals surface area contributed by atoms with Gasteiger partial charge in [0, 0.05) is 24.5 Å². The van der Waals surface area contributed by atoms with Crippen molar-refractivity contribution < 1.29 is 4.74 Å². The van der Waals surface area contributed by atoms with Crippen LogP contribution in [0.15, 0.2) is 54.7 Å². The normalized spacial score (nSPS) is 13.8. The van der Waals surface area contributed by atoms with Crippen molar-refractivity contribution in [1.82, 2.24) is 15.2 Å². The van der Waals surface area contributed by atoms with Crippen LogP contribution in [0.1, 0.15) is 19.3 Å². The molecule has 0 radical (unpaired) electrons. The van der Waals surface area contributed by atoms with E-state index in [1.165, 1.54) is 24.9 Å². The summed E-state index contributed by atoms with van der Waals surface area (Å²) in [5.74, 6) is 1.77. The van der Waals surface area contributed by atoms with Crippen LogP contribution in [0.25, 0.3) is 0 Å². The molecule has 28 heavy (non-hydrogen) atoms. The molecule has 0 amide bonds. The zero-order valence-corrected chi connectivity index (χ0v) is 15.9. The Morgan fingerprint density at radius 3 is 2.50 bits per heavy atom. The molecular weight excluding hydrogens is 352 g/mol. The first-order valence-corrected chi connectivity index (χ1v) is 9.53. The van der Waals surface area contributed by atoms with Gasteiger partial charge in [0.25, 0.3) is 0 Å². The molecule has 2 N–H and O–H groups in total. The summed E-state index contributed by atoms with van der Waals surface area (Å²) in [5, 5.41) is 14.5. The lowest BCUT2D eigenvalue weighted by Gasteiger charge is -2.28. The zero-order chi connectivity index (χ0) is 19.2. The molecule has 144 valence electrons. The Kier molecular flexibility index (Phi) is 5.51. The first-order valence-electron chi connectivity index (χ1n) is 9.53. The van der Waals surface area contributed by atoms with Gasteiger partial charge in [0.05, 0.1) is 19.0 Å². The summed E-state index contributed by atoms with van der Waals surface area (Å²) in [6.07, 6.45) is 5.45. The second kappa shape index (κ2) is 8.56. The fourth-order valence-corrected chi connectivity index (χ4v) is 3.34. The maximum Gasteiger partial charge on any atom is 0.249 e. The van der Waals surface area contributed by atoms with E-state index >= 15 is 0 Å². The van der Waals surface area contributed by atoms with Crippen molar-refractivity contribution >= 4 is 28.8 Å². The summed E-state index contributed by atoms with van der Waals surface area (Å²) in [6.45, 7) is 2.27. The van der Waals surface area contributed by atoms with E-state index in [1.807, 2.05) is 36.4 Å². The highest BCUT2D eigenvalue weighted by Gasteiger charge is 2.11. The minimum absolute atomic E-state index is 0.436. The number of hydrogen-bond acceptors (Lipinski definition) is 7. The van der Waals surface area contributed by atoms with Crippen molar-refractivity contribution in [3.05, 3.63) is 54.7 Å². The van der Waals surface area contributed by atoms with Crippen LogP contribution < -0.4 is 20.3 Å². The summed E-state index contributed by atoms with van der Waals surface area (Å²) in [6, 6.07) is 16.0. The minimum atomic E-state index is 0.436. The fraction of sp³-hybridized carbons (Fsp3) is 0.286. The van der Waals surface area contributed by atoms with Gasteiger partial charge in [-0.15, -0.1) is 5.10 Å². The van der Waals surface area contributed by atoms with Gasteiger partial charge in [0.1, 0.15) is 5.75 Å². The van der Waals surface area contributed by atoms with Crippen molar-refractivity contribution in [3.63, 3.8) is 0 Å². The van der Waals surface area contributed by atoms with Crippen LogP contribution in [0.2, 0.25) is 0 Å². The van der Waals surface area contributed by atoms with E-state index in [9.17, 15) is 0 Å². The number of ether oxygens (including phenoxy) is 1. The van der Waals surface area contributed by atoms with E-state index in [1.54, 1.807) is 13.3 Å². The second-order valence-corrected chi connectivity index (χ2v) is 6.71. The van der Waals surface area contributed by atoms with Crippen LogP contribution >= 0.6 is 0 Å². The number of piperidine rings is 1. The highest BCUT2D eigenvalue weighted by Crippen LogP contribution is 2.27. The topological polar surface area (TPSA) is 75.2 Å². The molecular formula is C21H24N6O. The summed E-state index contributed by atoms with van der Waals surface area (Å²) in [4.78, 5) is 6.92. The van der Waals surface area contributed by atoms with E-state index < -0.39 is 0 Å². The SMILES string of the molecule is COc1ccccc1Nc1cnnc(Nc2ccc(N3CCCCC3)cc2)n1. The van der Waals surface area contributed by atoms with E-state index in [0.29, 0.717) is 11.8 Å². The van der Waals surface area contributed by atoms with Crippen LogP contribution in [0.5, 0.6) is 5.75 Å². The van der Waals surface area contributed by atoms with E-state index in [4.69, 9.17) is 4.74 Å². The first kappa shape index (κ1) is 18.0. The number of nitrogens with zero attached hydrogens (tertiary/aromatic N) is 4. The molecule has 0 bridgehead atoms. The highest BCUT2D eigenvalue weighted by atomic mass is 16.5. The number of benzene rings is 2. The predicted molar refractivity (Wildman–Crippen MR) is 112 cm³/mol.